The Kier molecular flexibility index (Phi) is 7.59. The van der Waals surface area contributed by atoms with Gasteiger partial charge in [-0.1, -0.05) is 24.0 Å². The predicted octanol–water partition coefficient (Wildman–Crippen LogP) is 1.52. The number of nitrogens with two attached hydrogens (primary N) is 1. The Hall–Kier alpha value is -4.26. The average molecular weight is 413 g/mol. The lowest BCUT2D eigenvalue weighted by Gasteiger charge is -2.10. The quantitative estimate of drug-likeness (QED) is 0.379. The molecule has 2 aromatic rings. The summed E-state index contributed by atoms with van der Waals surface area (Å²) >= 11 is 0. The number of methoxy groups -OCH3 is 2. The molecule has 2 rings (SSSR count). The molecule has 0 aliphatic heterocycles. The number of rotatable bonds is 8. The Morgan fingerprint density at radius 3 is 2.37 bits per heavy atom. The number of benzene rings is 2. The first-order valence-corrected chi connectivity index (χ1v) is 8.55. The molecule has 0 bridgehead atoms. The Balaban J connectivity index is 2.01. The minimum atomic E-state index is -0.697. The number of amides is 2. The van der Waals surface area contributed by atoms with Crippen molar-refractivity contribution in [2.45, 2.75) is 0 Å². The van der Waals surface area contributed by atoms with Gasteiger partial charge in [0.25, 0.3) is 17.5 Å². The van der Waals surface area contributed by atoms with Crippen LogP contribution in [0.5, 0.6) is 17.2 Å². The Bertz CT molecular complexity index is 1020. The molecule has 0 spiro atoms. The summed E-state index contributed by atoms with van der Waals surface area (Å²) in [7, 11) is 2.69. The molecule has 2 amide bonds. The standard InChI is InChI=1S/C20H19N3O7/c1-28-17-11-14(15(23(26)27)12-18(17)29-2)20(25)22-9-5-6-10-30-16-8-4-3-7-13(16)19(21)24/h3-4,7-8,11-12H,9-10H2,1-2H3,(H2,21,24)(H,22,25). The van der Waals surface area contributed by atoms with Gasteiger partial charge >= 0.3 is 0 Å². The molecule has 30 heavy (non-hydrogen) atoms. The van der Waals surface area contributed by atoms with Crippen LogP contribution >= 0.6 is 0 Å². The van der Waals surface area contributed by atoms with E-state index in [4.69, 9.17) is 19.9 Å². The first kappa shape index (κ1) is 22.0. The molecule has 0 aromatic heterocycles. The molecule has 0 atom stereocenters. The van der Waals surface area contributed by atoms with Crippen LogP contribution in [0.2, 0.25) is 0 Å². The number of nitro groups is 1. The maximum atomic E-state index is 12.3. The van der Waals surface area contributed by atoms with Crippen LogP contribution in [0.15, 0.2) is 36.4 Å². The van der Waals surface area contributed by atoms with E-state index < -0.39 is 22.4 Å². The molecular weight excluding hydrogens is 394 g/mol. The predicted molar refractivity (Wildman–Crippen MR) is 107 cm³/mol. The number of primary amides is 1. The monoisotopic (exact) mass is 413 g/mol. The third kappa shape index (κ3) is 5.39. The van der Waals surface area contributed by atoms with Gasteiger partial charge in [0.05, 0.1) is 37.3 Å². The molecule has 0 fully saturated rings. The van der Waals surface area contributed by atoms with Crippen molar-refractivity contribution in [3.05, 3.63) is 57.6 Å². The highest BCUT2D eigenvalue weighted by molar-refractivity contribution is 5.99. The van der Waals surface area contributed by atoms with Crippen LogP contribution in [0.1, 0.15) is 20.7 Å². The summed E-state index contributed by atoms with van der Waals surface area (Å²) in [6.45, 7) is -0.123. The molecule has 156 valence electrons. The number of hydrogen-bond acceptors (Lipinski definition) is 7. The molecule has 0 saturated heterocycles. The van der Waals surface area contributed by atoms with Crippen LogP contribution in [0, 0.1) is 22.0 Å². The summed E-state index contributed by atoms with van der Waals surface area (Å²) < 4.78 is 15.5. The normalized spacial score (nSPS) is 9.67. The molecule has 0 aliphatic rings. The molecule has 0 radical (unpaired) electrons. The van der Waals surface area contributed by atoms with Crippen LogP contribution in [0.25, 0.3) is 0 Å². The topological polar surface area (TPSA) is 143 Å². The molecule has 2 aromatic carbocycles. The van der Waals surface area contributed by atoms with E-state index in [1.807, 2.05) is 0 Å². The third-order valence-electron chi connectivity index (χ3n) is 3.86. The number of nitrogens with one attached hydrogen (secondary N) is 1. The van der Waals surface area contributed by atoms with Crippen molar-refractivity contribution in [3.63, 3.8) is 0 Å². The molecule has 0 saturated carbocycles. The summed E-state index contributed by atoms with van der Waals surface area (Å²) in [4.78, 5) is 34.3. The molecule has 0 unspecified atom stereocenters. The minimum Gasteiger partial charge on any atom is -0.493 e. The van der Waals surface area contributed by atoms with Gasteiger partial charge in [0.1, 0.15) is 17.9 Å². The zero-order chi connectivity index (χ0) is 22.1. The number of para-hydroxylation sites is 1. The first-order valence-electron chi connectivity index (χ1n) is 8.55. The number of nitrogens with zero attached hydrogens (tertiary/aromatic N) is 1. The van der Waals surface area contributed by atoms with E-state index in [-0.39, 0.29) is 35.8 Å². The lowest BCUT2D eigenvalue weighted by atomic mass is 10.1. The van der Waals surface area contributed by atoms with Crippen molar-refractivity contribution in [2.75, 3.05) is 27.4 Å². The highest BCUT2D eigenvalue weighted by atomic mass is 16.6. The van der Waals surface area contributed by atoms with Crippen LogP contribution < -0.4 is 25.3 Å². The summed E-state index contributed by atoms with van der Waals surface area (Å²) in [5, 5.41) is 13.7. The fourth-order valence-corrected chi connectivity index (χ4v) is 2.44. The maximum absolute atomic E-state index is 12.3. The fraction of sp³-hybridized carbons (Fsp3) is 0.200. The van der Waals surface area contributed by atoms with Gasteiger partial charge in [-0.05, 0) is 12.1 Å². The summed E-state index contributed by atoms with van der Waals surface area (Å²) in [6.07, 6.45) is 0. The zero-order valence-corrected chi connectivity index (χ0v) is 16.3. The van der Waals surface area contributed by atoms with Gasteiger partial charge in [0.15, 0.2) is 11.5 Å². The highest BCUT2D eigenvalue weighted by Gasteiger charge is 2.24. The van der Waals surface area contributed by atoms with Crippen LogP contribution in [0.3, 0.4) is 0 Å². The van der Waals surface area contributed by atoms with Crippen LogP contribution in [-0.4, -0.2) is 44.1 Å². The molecule has 0 aliphatic carbocycles. The first-order chi connectivity index (χ1) is 14.4. The van der Waals surface area contributed by atoms with Gasteiger partial charge < -0.3 is 25.3 Å². The zero-order valence-electron chi connectivity index (χ0n) is 16.3. The average Bonchev–Trinajstić information content (AvgIpc) is 2.74. The van der Waals surface area contributed by atoms with E-state index in [1.54, 1.807) is 18.2 Å². The SMILES string of the molecule is COc1cc(C(=O)NCC#CCOc2ccccc2C(N)=O)c([N+](=O)[O-])cc1OC. The smallest absolute Gasteiger partial charge is 0.286 e. The second-order valence-electron chi connectivity index (χ2n) is 5.67. The maximum Gasteiger partial charge on any atom is 0.286 e. The van der Waals surface area contributed by atoms with Gasteiger partial charge in [-0.15, -0.1) is 0 Å². The summed E-state index contributed by atoms with van der Waals surface area (Å²) in [5.74, 6) is 4.61. The van der Waals surface area contributed by atoms with Crippen molar-refractivity contribution in [2.24, 2.45) is 5.73 Å². The van der Waals surface area contributed by atoms with Gasteiger partial charge in [0, 0.05) is 6.07 Å². The molecular formula is C20H19N3O7. The van der Waals surface area contributed by atoms with Crippen LogP contribution in [-0.2, 0) is 0 Å². The highest BCUT2D eigenvalue weighted by Crippen LogP contribution is 2.34. The van der Waals surface area contributed by atoms with E-state index in [2.05, 4.69) is 17.2 Å². The molecule has 10 heteroatoms. The van der Waals surface area contributed by atoms with Gasteiger partial charge in [-0.25, -0.2) is 0 Å². The Morgan fingerprint density at radius 2 is 1.73 bits per heavy atom. The number of ether oxygens (including phenoxy) is 3. The summed E-state index contributed by atoms with van der Waals surface area (Å²) in [6, 6.07) is 8.79. The van der Waals surface area contributed by atoms with E-state index in [1.165, 1.54) is 26.4 Å². The lowest BCUT2D eigenvalue weighted by molar-refractivity contribution is -0.385. The number of nitro benzene ring substituents is 1. The number of hydrogen-bond donors (Lipinski definition) is 2. The van der Waals surface area contributed by atoms with Gasteiger partial charge in [0.2, 0.25) is 0 Å². The van der Waals surface area contributed by atoms with Gasteiger partial charge in [-0.3, -0.25) is 19.7 Å². The molecule has 0 heterocycles. The van der Waals surface area contributed by atoms with E-state index in [9.17, 15) is 19.7 Å². The third-order valence-corrected chi connectivity index (χ3v) is 3.86. The van der Waals surface area contributed by atoms with E-state index >= 15 is 0 Å². The van der Waals surface area contributed by atoms with Crippen molar-refractivity contribution in [1.82, 2.24) is 5.32 Å². The fourth-order valence-electron chi connectivity index (χ4n) is 2.44. The largest absolute Gasteiger partial charge is 0.493 e. The second kappa shape index (κ2) is 10.3. The molecule has 3 N–H and O–H groups in total. The van der Waals surface area contributed by atoms with Crippen molar-refractivity contribution < 1.29 is 28.7 Å². The lowest BCUT2D eigenvalue weighted by Crippen LogP contribution is -2.24. The summed E-state index contributed by atoms with van der Waals surface area (Å²) in [5.41, 5.74) is 4.87. The van der Waals surface area contributed by atoms with E-state index in [0.29, 0.717) is 5.75 Å². The Labute approximate surface area is 172 Å². The van der Waals surface area contributed by atoms with Crippen molar-refractivity contribution >= 4 is 17.5 Å². The van der Waals surface area contributed by atoms with Crippen LogP contribution in [0.4, 0.5) is 5.69 Å². The van der Waals surface area contributed by atoms with Crippen molar-refractivity contribution in [3.8, 4) is 29.1 Å². The Morgan fingerprint density at radius 1 is 1.07 bits per heavy atom. The number of carbonyl (C=O) groups excluding carboxylic acids is 2. The van der Waals surface area contributed by atoms with Gasteiger partial charge in [-0.2, -0.15) is 0 Å². The second-order valence-corrected chi connectivity index (χ2v) is 5.67. The molecule has 10 nitrogen and oxygen atoms in total. The minimum absolute atomic E-state index is 0.0450. The van der Waals surface area contributed by atoms with Crippen molar-refractivity contribution in [1.29, 1.82) is 0 Å². The van der Waals surface area contributed by atoms with E-state index in [0.717, 1.165) is 6.07 Å². The number of carbonyl (C=O) groups is 2.